The minimum absolute atomic E-state index is 0.447. The molecular weight excluding hydrogens is 284 g/mol. The Kier molecular flexibility index (Phi) is 2.58. The summed E-state index contributed by atoms with van der Waals surface area (Å²) in [6.07, 6.45) is 0. The molecular formula is C15H12N4OS. The van der Waals surface area contributed by atoms with E-state index in [9.17, 15) is 0 Å². The van der Waals surface area contributed by atoms with Crippen molar-refractivity contribution < 1.29 is 4.74 Å². The fourth-order valence-electron chi connectivity index (χ4n) is 2.41. The number of methoxy groups -OCH3 is 1. The summed E-state index contributed by atoms with van der Waals surface area (Å²) in [5.74, 6) is 1.43. The molecule has 0 unspecified atom stereocenters. The van der Waals surface area contributed by atoms with Crippen molar-refractivity contribution in [2.75, 3.05) is 7.11 Å². The highest BCUT2D eigenvalue weighted by molar-refractivity contribution is 7.16. The molecule has 0 aliphatic carbocycles. The summed E-state index contributed by atoms with van der Waals surface area (Å²) < 4.78 is 8.12. The molecule has 0 bridgehead atoms. The Hall–Kier alpha value is -2.60. The molecule has 4 aromatic rings. The van der Waals surface area contributed by atoms with Crippen LogP contribution in [-0.2, 0) is 0 Å². The van der Waals surface area contributed by atoms with Crippen LogP contribution in [-0.4, -0.2) is 21.6 Å². The molecule has 0 fully saturated rings. The predicted molar refractivity (Wildman–Crippen MR) is 83.2 cm³/mol. The highest BCUT2D eigenvalue weighted by Gasteiger charge is 2.11. The van der Waals surface area contributed by atoms with Gasteiger partial charge in [0.25, 0.3) is 0 Å². The van der Waals surface area contributed by atoms with Gasteiger partial charge in [0.05, 0.1) is 28.4 Å². The number of H-pyrrole nitrogens is 1. The zero-order valence-electron chi connectivity index (χ0n) is 11.3. The lowest BCUT2D eigenvalue weighted by Crippen LogP contribution is -2.11. The Morgan fingerprint density at radius 1 is 1.24 bits per heavy atom. The molecule has 0 atom stereocenters. The van der Waals surface area contributed by atoms with Crippen molar-refractivity contribution in [2.45, 2.75) is 0 Å². The Balaban J connectivity index is 2.00. The van der Waals surface area contributed by atoms with Crippen molar-refractivity contribution in [1.82, 2.24) is 14.5 Å². The summed E-state index contributed by atoms with van der Waals surface area (Å²) in [6.45, 7) is 0. The SMILES string of the molecule is COc1ccc2nc(-n3c(=N)sc4ccccc43)[nH]c2c1. The highest BCUT2D eigenvalue weighted by Crippen LogP contribution is 2.23. The normalized spacial score (nSPS) is 11.3. The molecule has 0 radical (unpaired) electrons. The zero-order valence-corrected chi connectivity index (χ0v) is 12.1. The van der Waals surface area contributed by atoms with Crippen LogP contribution in [0.2, 0.25) is 0 Å². The Labute approximate surface area is 124 Å². The van der Waals surface area contributed by atoms with E-state index in [1.54, 1.807) is 7.11 Å². The third-order valence-electron chi connectivity index (χ3n) is 3.40. The average molecular weight is 296 g/mol. The van der Waals surface area contributed by atoms with E-state index >= 15 is 0 Å². The van der Waals surface area contributed by atoms with Gasteiger partial charge in [-0.15, -0.1) is 0 Å². The summed E-state index contributed by atoms with van der Waals surface area (Å²) in [7, 11) is 1.64. The first-order valence-corrected chi connectivity index (χ1v) is 7.27. The number of nitrogens with zero attached hydrogens (tertiary/aromatic N) is 2. The number of imidazole rings is 1. The second kappa shape index (κ2) is 4.46. The maximum Gasteiger partial charge on any atom is 0.215 e. The number of hydrogen-bond donors (Lipinski definition) is 2. The van der Waals surface area contributed by atoms with Crippen molar-refractivity contribution in [3.8, 4) is 11.7 Å². The number of para-hydroxylation sites is 1. The molecule has 6 heteroatoms. The topological polar surface area (TPSA) is 66.7 Å². The molecule has 0 saturated carbocycles. The van der Waals surface area contributed by atoms with Crippen molar-refractivity contribution in [3.63, 3.8) is 0 Å². The van der Waals surface area contributed by atoms with Crippen LogP contribution in [0.3, 0.4) is 0 Å². The lowest BCUT2D eigenvalue weighted by Gasteiger charge is -1.98. The number of ether oxygens (including phenoxy) is 1. The lowest BCUT2D eigenvalue weighted by atomic mass is 10.3. The molecule has 0 aliphatic heterocycles. The van der Waals surface area contributed by atoms with E-state index in [1.165, 1.54) is 11.3 Å². The van der Waals surface area contributed by atoms with E-state index < -0.39 is 0 Å². The maximum atomic E-state index is 8.19. The third kappa shape index (κ3) is 1.84. The van der Waals surface area contributed by atoms with Crippen LogP contribution >= 0.6 is 11.3 Å². The first kappa shape index (κ1) is 12.2. The van der Waals surface area contributed by atoms with Gasteiger partial charge in [0.15, 0.2) is 4.80 Å². The van der Waals surface area contributed by atoms with Crippen LogP contribution in [0.25, 0.3) is 27.2 Å². The zero-order chi connectivity index (χ0) is 14.4. The van der Waals surface area contributed by atoms with Gasteiger partial charge in [-0.2, -0.15) is 0 Å². The van der Waals surface area contributed by atoms with Crippen LogP contribution in [0, 0.1) is 5.41 Å². The smallest absolute Gasteiger partial charge is 0.215 e. The lowest BCUT2D eigenvalue weighted by molar-refractivity contribution is 0.415. The number of nitrogens with one attached hydrogen (secondary N) is 2. The Bertz CT molecular complexity index is 1010. The molecule has 0 amide bonds. The third-order valence-corrected chi connectivity index (χ3v) is 4.35. The minimum atomic E-state index is 0.447. The van der Waals surface area contributed by atoms with E-state index in [-0.39, 0.29) is 0 Å². The number of thiazole rings is 1. The van der Waals surface area contributed by atoms with Crippen molar-refractivity contribution in [3.05, 3.63) is 47.3 Å². The molecule has 2 aromatic heterocycles. The number of benzene rings is 2. The number of fused-ring (bicyclic) bond motifs is 2. The summed E-state index contributed by atoms with van der Waals surface area (Å²) in [4.78, 5) is 8.29. The number of hydrogen-bond acceptors (Lipinski definition) is 4. The molecule has 4 rings (SSSR count). The van der Waals surface area contributed by atoms with Crippen molar-refractivity contribution in [2.24, 2.45) is 0 Å². The van der Waals surface area contributed by atoms with Crippen LogP contribution in [0.5, 0.6) is 5.75 Å². The molecule has 0 spiro atoms. The van der Waals surface area contributed by atoms with Crippen LogP contribution in [0.1, 0.15) is 0 Å². The number of rotatable bonds is 2. The van der Waals surface area contributed by atoms with Crippen LogP contribution in [0.15, 0.2) is 42.5 Å². The molecule has 5 nitrogen and oxygen atoms in total. The summed E-state index contributed by atoms with van der Waals surface area (Å²) in [6, 6.07) is 13.7. The van der Waals surface area contributed by atoms with Crippen molar-refractivity contribution >= 4 is 32.6 Å². The van der Waals surface area contributed by atoms with Gasteiger partial charge in [0.2, 0.25) is 5.95 Å². The van der Waals surface area contributed by atoms with Gasteiger partial charge in [0, 0.05) is 6.07 Å². The first-order valence-electron chi connectivity index (χ1n) is 6.45. The quantitative estimate of drug-likeness (QED) is 0.597. The van der Waals surface area contributed by atoms with Gasteiger partial charge < -0.3 is 9.72 Å². The second-order valence-corrected chi connectivity index (χ2v) is 5.68. The average Bonchev–Trinajstić information content (AvgIpc) is 3.05. The van der Waals surface area contributed by atoms with E-state index in [0.29, 0.717) is 10.7 Å². The van der Waals surface area contributed by atoms with E-state index in [2.05, 4.69) is 9.97 Å². The standard InChI is InChI=1S/C15H12N4OS/c1-20-9-6-7-10-11(8-9)18-15(17-10)19-12-4-2-3-5-13(12)21-14(19)16/h2-8,16H,1H3,(H,17,18). The van der Waals surface area contributed by atoms with Gasteiger partial charge in [-0.3, -0.25) is 9.98 Å². The number of aromatic nitrogens is 3. The summed E-state index contributed by atoms with van der Waals surface area (Å²) >= 11 is 1.44. The van der Waals surface area contributed by atoms with Gasteiger partial charge in [-0.1, -0.05) is 23.5 Å². The molecule has 2 aromatic carbocycles. The Morgan fingerprint density at radius 2 is 2.10 bits per heavy atom. The van der Waals surface area contributed by atoms with E-state index in [1.807, 2.05) is 47.0 Å². The van der Waals surface area contributed by atoms with Gasteiger partial charge in [-0.05, 0) is 24.3 Å². The Morgan fingerprint density at radius 3 is 2.95 bits per heavy atom. The molecule has 0 saturated heterocycles. The van der Waals surface area contributed by atoms with Crippen LogP contribution < -0.4 is 9.54 Å². The molecule has 0 aliphatic rings. The molecule has 104 valence electrons. The highest BCUT2D eigenvalue weighted by atomic mass is 32.1. The number of aromatic amines is 1. The maximum absolute atomic E-state index is 8.19. The fraction of sp³-hybridized carbons (Fsp3) is 0.0667. The van der Waals surface area contributed by atoms with E-state index in [0.717, 1.165) is 27.0 Å². The fourth-order valence-corrected chi connectivity index (χ4v) is 3.30. The monoisotopic (exact) mass is 296 g/mol. The van der Waals surface area contributed by atoms with Gasteiger partial charge >= 0.3 is 0 Å². The first-order chi connectivity index (χ1) is 10.3. The minimum Gasteiger partial charge on any atom is -0.497 e. The molecule has 2 N–H and O–H groups in total. The molecule has 2 heterocycles. The molecule has 21 heavy (non-hydrogen) atoms. The second-order valence-electron chi connectivity index (χ2n) is 4.65. The van der Waals surface area contributed by atoms with Crippen molar-refractivity contribution in [1.29, 1.82) is 5.41 Å². The summed E-state index contributed by atoms with van der Waals surface area (Å²) in [5, 5.41) is 8.19. The predicted octanol–water partition coefficient (Wildman–Crippen LogP) is 3.06. The van der Waals surface area contributed by atoms with E-state index in [4.69, 9.17) is 10.1 Å². The summed E-state index contributed by atoms with van der Waals surface area (Å²) in [5.41, 5.74) is 2.73. The van der Waals surface area contributed by atoms with Gasteiger partial charge in [-0.25, -0.2) is 4.98 Å². The largest absolute Gasteiger partial charge is 0.497 e. The van der Waals surface area contributed by atoms with Gasteiger partial charge in [0.1, 0.15) is 5.75 Å². The van der Waals surface area contributed by atoms with Crippen LogP contribution in [0.4, 0.5) is 0 Å².